The number of rotatable bonds is 0. The normalized spacial score (nSPS) is 19.5. The van der Waals surface area contributed by atoms with Crippen LogP contribution in [0.4, 0.5) is 5.69 Å². The van der Waals surface area contributed by atoms with Crippen molar-refractivity contribution in [1.82, 2.24) is 4.72 Å². The van der Waals surface area contributed by atoms with Crippen LogP contribution >= 0.6 is 0 Å². The summed E-state index contributed by atoms with van der Waals surface area (Å²) in [4.78, 5) is 4.38. The van der Waals surface area contributed by atoms with Crippen LogP contribution in [0.3, 0.4) is 0 Å². The summed E-state index contributed by atoms with van der Waals surface area (Å²) in [7, 11) is -3.54. The van der Waals surface area contributed by atoms with Crippen molar-refractivity contribution in [2.24, 2.45) is 4.99 Å². The first-order chi connectivity index (χ1) is 8.98. The lowest BCUT2D eigenvalue weighted by atomic mass is 9.93. The van der Waals surface area contributed by atoms with E-state index in [9.17, 15) is 8.42 Å². The Balaban J connectivity index is 2.32. The second-order valence-electron chi connectivity index (χ2n) is 4.89. The van der Waals surface area contributed by atoms with Crippen molar-refractivity contribution >= 4 is 27.3 Å². The van der Waals surface area contributed by atoms with Gasteiger partial charge in [-0.25, -0.2) is 4.72 Å². The zero-order valence-electron chi connectivity index (χ0n) is 10.8. The number of hydrogen-bond donors (Lipinski definition) is 2. The van der Waals surface area contributed by atoms with Gasteiger partial charge in [0.05, 0.1) is 5.69 Å². The van der Waals surface area contributed by atoms with Crippen molar-refractivity contribution in [2.45, 2.75) is 20.3 Å². The molecule has 0 saturated heterocycles. The highest BCUT2D eigenvalue weighted by atomic mass is 32.2. The molecule has 19 heavy (non-hydrogen) atoms. The van der Waals surface area contributed by atoms with Crippen molar-refractivity contribution in [1.29, 1.82) is 0 Å². The highest BCUT2D eigenvalue weighted by Gasteiger charge is 2.29. The summed E-state index contributed by atoms with van der Waals surface area (Å²) in [6.45, 7) is 4.73. The van der Waals surface area contributed by atoms with Crippen LogP contribution in [0.5, 0.6) is 0 Å². The molecule has 3 rings (SSSR count). The fraction of sp³-hybridized carbons (Fsp3) is 0.308. The zero-order valence-corrected chi connectivity index (χ0v) is 11.6. The maximum Gasteiger partial charge on any atom is 0.322 e. The Bertz CT molecular complexity index is 713. The quantitative estimate of drug-likeness (QED) is 0.760. The Morgan fingerprint density at radius 1 is 1.26 bits per heavy atom. The number of nitrogens with one attached hydrogen (secondary N) is 2. The van der Waals surface area contributed by atoms with Gasteiger partial charge in [0.1, 0.15) is 5.84 Å². The van der Waals surface area contributed by atoms with E-state index in [0.29, 0.717) is 18.1 Å². The number of aliphatic imine (C=N–C) groups is 1. The molecule has 100 valence electrons. The third-order valence-corrected chi connectivity index (χ3v) is 4.29. The molecule has 0 bridgehead atoms. The molecule has 0 fully saturated rings. The molecule has 0 amide bonds. The SMILES string of the molecule is CC(C)=C1CCN=C2NS(=O)(=O)Nc3cccc1c32. The molecule has 0 aliphatic carbocycles. The average molecular weight is 277 g/mol. The predicted octanol–water partition coefficient (Wildman–Crippen LogP) is 1.89. The van der Waals surface area contributed by atoms with Gasteiger partial charge < -0.3 is 0 Å². The minimum absolute atomic E-state index is 0.445. The monoisotopic (exact) mass is 277 g/mol. The standard InChI is InChI=1S/C13H15N3O2S/c1-8(2)9-6-7-14-13-12-10(9)4-3-5-11(12)15-19(17,18)16-13/h3-5,15H,6-7H2,1-2H3,(H,14,16). The fourth-order valence-electron chi connectivity index (χ4n) is 2.54. The van der Waals surface area contributed by atoms with Crippen LogP contribution in [-0.2, 0) is 10.2 Å². The molecule has 2 N–H and O–H groups in total. The molecular formula is C13H15N3O2S. The summed E-state index contributed by atoms with van der Waals surface area (Å²) in [6, 6.07) is 5.65. The van der Waals surface area contributed by atoms with E-state index >= 15 is 0 Å². The van der Waals surface area contributed by atoms with E-state index in [0.717, 1.165) is 17.5 Å². The molecule has 2 aliphatic rings. The molecule has 2 aliphatic heterocycles. The number of amidine groups is 1. The van der Waals surface area contributed by atoms with Crippen LogP contribution in [0.2, 0.25) is 0 Å². The summed E-state index contributed by atoms with van der Waals surface area (Å²) in [6.07, 6.45) is 0.823. The molecule has 0 radical (unpaired) electrons. The van der Waals surface area contributed by atoms with Gasteiger partial charge in [0.15, 0.2) is 0 Å². The van der Waals surface area contributed by atoms with Gasteiger partial charge in [-0.1, -0.05) is 17.7 Å². The number of anilines is 1. The molecule has 0 saturated carbocycles. The van der Waals surface area contributed by atoms with Crippen LogP contribution in [0.1, 0.15) is 31.4 Å². The number of nitrogens with zero attached hydrogens (tertiary/aromatic N) is 1. The second kappa shape index (κ2) is 4.09. The van der Waals surface area contributed by atoms with Crippen molar-refractivity contribution in [2.75, 3.05) is 11.3 Å². The molecule has 2 heterocycles. The highest BCUT2D eigenvalue weighted by Crippen LogP contribution is 2.34. The molecular weight excluding hydrogens is 262 g/mol. The lowest BCUT2D eigenvalue weighted by molar-refractivity contribution is 0.597. The first-order valence-corrected chi connectivity index (χ1v) is 7.61. The maximum absolute atomic E-state index is 11.7. The van der Waals surface area contributed by atoms with Gasteiger partial charge >= 0.3 is 10.2 Å². The summed E-state index contributed by atoms with van der Waals surface area (Å²) in [5.74, 6) is 0.445. The zero-order chi connectivity index (χ0) is 13.6. The minimum Gasteiger partial charge on any atom is -0.267 e. The van der Waals surface area contributed by atoms with Gasteiger partial charge in [-0.3, -0.25) is 9.71 Å². The highest BCUT2D eigenvalue weighted by molar-refractivity contribution is 7.91. The molecule has 1 aromatic carbocycles. The van der Waals surface area contributed by atoms with E-state index in [1.165, 1.54) is 11.1 Å². The van der Waals surface area contributed by atoms with Crippen molar-refractivity contribution in [3.63, 3.8) is 0 Å². The van der Waals surface area contributed by atoms with Gasteiger partial charge in [0, 0.05) is 12.1 Å². The molecule has 0 unspecified atom stereocenters. The summed E-state index contributed by atoms with van der Waals surface area (Å²) in [5.41, 5.74) is 4.97. The van der Waals surface area contributed by atoms with E-state index in [2.05, 4.69) is 28.3 Å². The van der Waals surface area contributed by atoms with Crippen molar-refractivity contribution < 1.29 is 8.42 Å². The number of allylic oxidation sites excluding steroid dienone is 1. The van der Waals surface area contributed by atoms with Gasteiger partial charge in [-0.05, 0) is 37.5 Å². The predicted molar refractivity (Wildman–Crippen MR) is 76.4 cm³/mol. The molecule has 1 aromatic rings. The Morgan fingerprint density at radius 3 is 2.79 bits per heavy atom. The average Bonchev–Trinajstić information content (AvgIpc) is 2.48. The minimum atomic E-state index is -3.54. The van der Waals surface area contributed by atoms with E-state index in [1.54, 1.807) is 6.07 Å². The summed E-state index contributed by atoms with van der Waals surface area (Å²) < 4.78 is 28.5. The van der Waals surface area contributed by atoms with Gasteiger partial charge in [0.25, 0.3) is 0 Å². The molecule has 6 heteroatoms. The summed E-state index contributed by atoms with van der Waals surface area (Å²) >= 11 is 0. The first-order valence-electron chi connectivity index (χ1n) is 6.13. The van der Waals surface area contributed by atoms with Crippen LogP contribution in [0.15, 0.2) is 28.8 Å². The molecule has 0 spiro atoms. The van der Waals surface area contributed by atoms with E-state index in [4.69, 9.17) is 0 Å². The van der Waals surface area contributed by atoms with Crippen LogP contribution in [0.25, 0.3) is 5.57 Å². The molecule has 5 nitrogen and oxygen atoms in total. The van der Waals surface area contributed by atoms with Crippen LogP contribution < -0.4 is 9.44 Å². The van der Waals surface area contributed by atoms with E-state index < -0.39 is 10.2 Å². The Kier molecular flexibility index (Phi) is 2.63. The lowest BCUT2D eigenvalue weighted by Gasteiger charge is -2.23. The fourth-order valence-corrected chi connectivity index (χ4v) is 3.47. The number of benzene rings is 1. The first kappa shape index (κ1) is 12.2. The Morgan fingerprint density at radius 2 is 2.05 bits per heavy atom. The van der Waals surface area contributed by atoms with Crippen molar-refractivity contribution in [3.05, 3.63) is 34.9 Å². The topological polar surface area (TPSA) is 70.6 Å². The smallest absolute Gasteiger partial charge is 0.267 e. The molecule has 0 atom stereocenters. The lowest BCUT2D eigenvalue weighted by Crippen LogP contribution is -2.41. The second-order valence-corrected chi connectivity index (χ2v) is 6.31. The Hall–Kier alpha value is -1.82. The van der Waals surface area contributed by atoms with Gasteiger partial charge in [0.2, 0.25) is 0 Å². The largest absolute Gasteiger partial charge is 0.322 e. The van der Waals surface area contributed by atoms with E-state index in [-0.39, 0.29) is 0 Å². The van der Waals surface area contributed by atoms with Gasteiger partial charge in [-0.2, -0.15) is 8.42 Å². The van der Waals surface area contributed by atoms with Gasteiger partial charge in [-0.15, -0.1) is 0 Å². The van der Waals surface area contributed by atoms with Crippen LogP contribution in [-0.4, -0.2) is 20.8 Å². The van der Waals surface area contributed by atoms with Crippen molar-refractivity contribution in [3.8, 4) is 0 Å². The number of hydrogen-bond acceptors (Lipinski definition) is 3. The molecule has 0 aromatic heterocycles. The van der Waals surface area contributed by atoms with E-state index in [1.807, 2.05) is 12.1 Å². The maximum atomic E-state index is 11.7. The third-order valence-electron chi connectivity index (χ3n) is 3.34. The Labute approximate surface area is 112 Å². The third kappa shape index (κ3) is 2.02. The summed E-state index contributed by atoms with van der Waals surface area (Å²) in [5, 5.41) is 0. The van der Waals surface area contributed by atoms with Crippen LogP contribution in [0, 0.1) is 0 Å².